The summed E-state index contributed by atoms with van der Waals surface area (Å²) in [5.74, 6) is 2.70. The highest BCUT2D eigenvalue weighted by Crippen LogP contribution is 2.28. The molecule has 0 radical (unpaired) electrons. The van der Waals surface area contributed by atoms with Crippen molar-refractivity contribution in [1.29, 1.82) is 0 Å². The van der Waals surface area contributed by atoms with Gasteiger partial charge in [-0.2, -0.15) is 5.10 Å². The fourth-order valence-corrected chi connectivity index (χ4v) is 3.51. The van der Waals surface area contributed by atoms with Crippen molar-refractivity contribution in [1.82, 2.24) is 20.0 Å². The molecule has 156 valence electrons. The number of methoxy groups -OCH3 is 2. The minimum Gasteiger partial charge on any atom is -0.497 e. The highest BCUT2D eigenvalue weighted by atomic mass is 16.5. The third kappa shape index (κ3) is 4.35. The van der Waals surface area contributed by atoms with Crippen molar-refractivity contribution in [2.75, 3.05) is 37.5 Å². The van der Waals surface area contributed by atoms with E-state index in [0.29, 0.717) is 23.0 Å². The second-order valence-corrected chi connectivity index (χ2v) is 7.05. The fourth-order valence-electron chi connectivity index (χ4n) is 3.51. The number of nitrogens with zero attached hydrogens (tertiary/aromatic N) is 5. The molecule has 0 spiro atoms. The Bertz CT molecular complexity index is 960. The highest BCUT2D eigenvalue weighted by molar-refractivity contribution is 5.93. The summed E-state index contributed by atoms with van der Waals surface area (Å²) < 4.78 is 12.2. The zero-order valence-electron chi connectivity index (χ0n) is 17.0. The fraction of sp³-hybridized carbons (Fsp3) is 0.333. The number of nitrogens with one attached hydrogen (secondary N) is 1. The van der Waals surface area contributed by atoms with Gasteiger partial charge >= 0.3 is 0 Å². The number of carbonyl (C=O) groups excluding carboxylic acids is 1. The molecule has 1 saturated heterocycles. The lowest BCUT2D eigenvalue weighted by atomic mass is 9.96. The summed E-state index contributed by atoms with van der Waals surface area (Å²) in [5.41, 5.74) is 0.665. The van der Waals surface area contributed by atoms with Crippen LogP contribution in [0.25, 0.3) is 5.82 Å². The number of aromatic nitrogens is 4. The smallest absolute Gasteiger partial charge is 0.227 e. The maximum Gasteiger partial charge on any atom is 0.227 e. The average Bonchev–Trinajstić information content (AvgIpc) is 3.34. The van der Waals surface area contributed by atoms with Gasteiger partial charge in [-0.1, -0.05) is 0 Å². The van der Waals surface area contributed by atoms with Gasteiger partial charge in [-0.3, -0.25) is 4.79 Å². The van der Waals surface area contributed by atoms with E-state index in [1.165, 1.54) is 0 Å². The predicted molar refractivity (Wildman–Crippen MR) is 112 cm³/mol. The molecule has 3 aromatic rings. The van der Waals surface area contributed by atoms with Gasteiger partial charge in [-0.15, -0.1) is 10.2 Å². The van der Waals surface area contributed by atoms with Crippen LogP contribution in [0.15, 0.2) is 48.8 Å². The molecule has 9 heteroatoms. The molecule has 1 aliphatic rings. The Morgan fingerprint density at radius 2 is 1.70 bits per heavy atom. The quantitative estimate of drug-likeness (QED) is 0.670. The van der Waals surface area contributed by atoms with Crippen LogP contribution in [0.4, 0.5) is 11.5 Å². The second kappa shape index (κ2) is 8.81. The normalized spacial score (nSPS) is 14.4. The third-order valence-corrected chi connectivity index (χ3v) is 5.18. The van der Waals surface area contributed by atoms with Crippen molar-refractivity contribution >= 4 is 17.4 Å². The number of amides is 1. The maximum atomic E-state index is 12.7. The predicted octanol–water partition coefficient (Wildman–Crippen LogP) is 2.53. The summed E-state index contributed by atoms with van der Waals surface area (Å²) >= 11 is 0. The Labute approximate surface area is 174 Å². The molecule has 1 N–H and O–H groups in total. The van der Waals surface area contributed by atoms with Gasteiger partial charge in [-0.25, -0.2) is 4.68 Å². The monoisotopic (exact) mass is 408 g/mol. The first-order valence-corrected chi connectivity index (χ1v) is 9.79. The van der Waals surface area contributed by atoms with Crippen LogP contribution in [0.1, 0.15) is 12.8 Å². The second-order valence-electron chi connectivity index (χ2n) is 7.05. The summed E-state index contributed by atoms with van der Waals surface area (Å²) in [4.78, 5) is 14.9. The van der Waals surface area contributed by atoms with Crippen LogP contribution in [0.5, 0.6) is 11.5 Å². The molecule has 0 bridgehead atoms. The van der Waals surface area contributed by atoms with Gasteiger partial charge in [0.15, 0.2) is 11.6 Å². The number of rotatable bonds is 6. The van der Waals surface area contributed by atoms with Crippen LogP contribution in [0, 0.1) is 5.92 Å². The minimum atomic E-state index is -0.0604. The molecule has 1 aliphatic heterocycles. The van der Waals surface area contributed by atoms with Crippen LogP contribution in [0.3, 0.4) is 0 Å². The Morgan fingerprint density at radius 1 is 1.03 bits per heavy atom. The first-order valence-electron chi connectivity index (χ1n) is 9.79. The summed E-state index contributed by atoms with van der Waals surface area (Å²) in [6, 6.07) is 11.0. The Kier molecular flexibility index (Phi) is 5.78. The lowest BCUT2D eigenvalue weighted by molar-refractivity contribution is -0.120. The molecule has 0 unspecified atom stereocenters. The standard InChI is InChI=1S/C21H24N6O3/c1-29-17-12-16(13-18(14-17)30-2)23-21(28)15-6-10-26(11-7-15)19-4-5-20(25-24-19)27-9-3-8-22-27/h3-5,8-9,12-15H,6-7,10-11H2,1-2H3,(H,23,28). The van der Waals surface area contributed by atoms with Gasteiger partial charge in [0.2, 0.25) is 5.91 Å². The molecule has 4 rings (SSSR count). The third-order valence-electron chi connectivity index (χ3n) is 5.18. The van der Waals surface area contributed by atoms with E-state index in [4.69, 9.17) is 9.47 Å². The largest absolute Gasteiger partial charge is 0.497 e. The zero-order chi connectivity index (χ0) is 20.9. The highest BCUT2D eigenvalue weighted by Gasteiger charge is 2.26. The van der Waals surface area contributed by atoms with Gasteiger partial charge in [0.25, 0.3) is 0 Å². The minimum absolute atomic E-state index is 0.00469. The lowest BCUT2D eigenvalue weighted by Crippen LogP contribution is -2.38. The van der Waals surface area contributed by atoms with Gasteiger partial charge in [-0.05, 0) is 31.0 Å². The average molecular weight is 408 g/mol. The van der Waals surface area contributed by atoms with Gasteiger partial charge in [0.1, 0.15) is 11.5 Å². The Morgan fingerprint density at radius 3 is 2.27 bits per heavy atom. The summed E-state index contributed by atoms with van der Waals surface area (Å²) in [6.07, 6.45) is 5.02. The first kappa shape index (κ1) is 19.7. The van der Waals surface area contributed by atoms with Crippen molar-refractivity contribution < 1.29 is 14.3 Å². The van der Waals surface area contributed by atoms with E-state index in [9.17, 15) is 4.79 Å². The molecule has 1 fully saturated rings. The lowest BCUT2D eigenvalue weighted by Gasteiger charge is -2.31. The molecule has 0 aliphatic carbocycles. The van der Waals surface area contributed by atoms with Crippen LogP contribution in [-0.2, 0) is 4.79 Å². The van der Waals surface area contributed by atoms with E-state index in [1.54, 1.807) is 43.3 Å². The van der Waals surface area contributed by atoms with E-state index in [-0.39, 0.29) is 11.8 Å². The van der Waals surface area contributed by atoms with Gasteiger partial charge in [0.05, 0.1) is 14.2 Å². The molecular formula is C21H24N6O3. The van der Waals surface area contributed by atoms with E-state index in [1.807, 2.05) is 24.4 Å². The number of piperidine rings is 1. The van der Waals surface area contributed by atoms with E-state index >= 15 is 0 Å². The topological polar surface area (TPSA) is 94.4 Å². The molecule has 1 amide bonds. The number of ether oxygens (including phenoxy) is 2. The Balaban J connectivity index is 1.34. The molecule has 2 aromatic heterocycles. The zero-order valence-corrected chi connectivity index (χ0v) is 17.0. The molecule has 9 nitrogen and oxygen atoms in total. The van der Waals surface area contributed by atoms with Crippen molar-refractivity contribution in [3.05, 3.63) is 48.8 Å². The first-order chi connectivity index (χ1) is 14.7. The summed E-state index contributed by atoms with van der Waals surface area (Å²) in [5, 5.41) is 15.7. The van der Waals surface area contributed by atoms with Crippen LogP contribution >= 0.6 is 0 Å². The molecular weight excluding hydrogens is 384 g/mol. The van der Waals surface area contributed by atoms with E-state index in [0.717, 1.165) is 31.7 Å². The van der Waals surface area contributed by atoms with Crippen LogP contribution < -0.4 is 19.7 Å². The molecule has 3 heterocycles. The van der Waals surface area contributed by atoms with Crippen molar-refractivity contribution in [3.63, 3.8) is 0 Å². The molecule has 30 heavy (non-hydrogen) atoms. The molecule has 0 atom stereocenters. The SMILES string of the molecule is COc1cc(NC(=O)C2CCN(c3ccc(-n4cccn4)nn3)CC2)cc(OC)c1. The molecule has 1 aromatic carbocycles. The van der Waals surface area contributed by atoms with Crippen molar-refractivity contribution in [3.8, 4) is 17.3 Å². The molecule has 0 saturated carbocycles. The van der Waals surface area contributed by atoms with Gasteiger partial charge in [0, 0.05) is 55.3 Å². The van der Waals surface area contributed by atoms with E-state index < -0.39 is 0 Å². The van der Waals surface area contributed by atoms with Gasteiger partial charge < -0.3 is 19.7 Å². The number of hydrogen-bond acceptors (Lipinski definition) is 7. The van der Waals surface area contributed by atoms with E-state index in [2.05, 4.69) is 25.5 Å². The van der Waals surface area contributed by atoms with Crippen molar-refractivity contribution in [2.24, 2.45) is 5.92 Å². The summed E-state index contributed by atoms with van der Waals surface area (Å²) in [7, 11) is 3.17. The van der Waals surface area contributed by atoms with Crippen LogP contribution in [-0.4, -0.2) is 53.2 Å². The number of anilines is 2. The Hall–Kier alpha value is -3.62. The maximum absolute atomic E-state index is 12.7. The number of carbonyl (C=O) groups is 1. The number of hydrogen-bond donors (Lipinski definition) is 1. The van der Waals surface area contributed by atoms with Crippen LogP contribution in [0.2, 0.25) is 0 Å². The summed E-state index contributed by atoms with van der Waals surface area (Å²) in [6.45, 7) is 1.49. The number of benzene rings is 1. The van der Waals surface area contributed by atoms with Crippen molar-refractivity contribution in [2.45, 2.75) is 12.8 Å².